The molecule has 2 aromatic rings. The number of benzene rings is 2. The predicted octanol–water partition coefficient (Wildman–Crippen LogP) is 3.89. The molecule has 1 amide bonds. The highest BCUT2D eigenvalue weighted by molar-refractivity contribution is 7.92. The normalized spacial score (nSPS) is 15.1. The van der Waals surface area contributed by atoms with Gasteiger partial charge in [-0.2, -0.15) is 0 Å². The van der Waals surface area contributed by atoms with E-state index in [-0.39, 0.29) is 18.5 Å². The van der Waals surface area contributed by atoms with Crippen molar-refractivity contribution in [3.63, 3.8) is 0 Å². The van der Waals surface area contributed by atoms with Crippen LogP contribution in [0.25, 0.3) is 0 Å². The monoisotopic (exact) mass is 449 g/mol. The molecule has 2 aromatic carbocycles. The molecule has 1 aliphatic heterocycles. The van der Waals surface area contributed by atoms with Crippen molar-refractivity contribution in [2.45, 2.75) is 32.7 Å². The number of nitrogens with one attached hydrogen (secondary N) is 1. The molecule has 0 radical (unpaired) electrons. The zero-order chi connectivity index (χ0) is 21.9. The van der Waals surface area contributed by atoms with Gasteiger partial charge >= 0.3 is 0 Å². The van der Waals surface area contributed by atoms with Gasteiger partial charge in [0.05, 0.1) is 18.0 Å². The van der Waals surface area contributed by atoms with Crippen LogP contribution in [0.4, 0.5) is 11.4 Å². The third-order valence-corrected chi connectivity index (χ3v) is 6.72. The molecule has 162 valence electrons. The molecule has 0 saturated carbocycles. The van der Waals surface area contributed by atoms with Crippen molar-refractivity contribution in [1.82, 2.24) is 5.32 Å². The van der Waals surface area contributed by atoms with E-state index in [4.69, 9.17) is 11.6 Å². The number of amides is 1. The SMILES string of the molecule is Cc1cc(Cl)ccc1N(CC(=O)NC(C)c1ccc(N2CCCC2)cc1)S(C)(=O)=O. The summed E-state index contributed by atoms with van der Waals surface area (Å²) in [5, 5.41) is 3.42. The molecule has 0 aliphatic carbocycles. The van der Waals surface area contributed by atoms with Crippen molar-refractivity contribution in [3.8, 4) is 0 Å². The van der Waals surface area contributed by atoms with Crippen LogP contribution in [0.15, 0.2) is 42.5 Å². The summed E-state index contributed by atoms with van der Waals surface area (Å²) in [4.78, 5) is 15.0. The molecule has 0 aromatic heterocycles. The van der Waals surface area contributed by atoms with E-state index in [0.717, 1.165) is 29.2 Å². The molecule has 1 fully saturated rings. The summed E-state index contributed by atoms with van der Waals surface area (Å²) in [5.41, 5.74) is 3.29. The highest BCUT2D eigenvalue weighted by atomic mass is 35.5. The molecule has 30 heavy (non-hydrogen) atoms. The van der Waals surface area contributed by atoms with Crippen LogP contribution in [0.1, 0.15) is 36.9 Å². The number of halogens is 1. The van der Waals surface area contributed by atoms with Crippen molar-refractivity contribution in [2.75, 3.05) is 35.1 Å². The predicted molar refractivity (Wildman–Crippen MR) is 123 cm³/mol. The number of carbonyl (C=O) groups excluding carboxylic acids is 1. The molecule has 1 atom stereocenters. The Balaban J connectivity index is 1.69. The van der Waals surface area contributed by atoms with Gasteiger partial charge in [-0.1, -0.05) is 23.7 Å². The lowest BCUT2D eigenvalue weighted by Crippen LogP contribution is -2.41. The maximum atomic E-state index is 12.7. The fourth-order valence-corrected chi connectivity index (χ4v) is 4.87. The average Bonchev–Trinajstić information content (AvgIpc) is 3.21. The number of aryl methyl sites for hydroxylation is 1. The summed E-state index contributed by atoms with van der Waals surface area (Å²) >= 11 is 5.98. The molecule has 1 saturated heterocycles. The van der Waals surface area contributed by atoms with Crippen molar-refractivity contribution in [3.05, 3.63) is 58.6 Å². The fraction of sp³-hybridized carbons (Fsp3) is 0.409. The first kappa shape index (κ1) is 22.4. The molecule has 1 heterocycles. The third kappa shape index (κ3) is 5.46. The Morgan fingerprint density at radius 1 is 1.17 bits per heavy atom. The summed E-state index contributed by atoms with van der Waals surface area (Å²) in [7, 11) is -3.64. The van der Waals surface area contributed by atoms with Crippen LogP contribution < -0.4 is 14.5 Å². The Kier molecular flexibility index (Phi) is 6.93. The topological polar surface area (TPSA) is 69.7 Å². The Hall–Kier alpha value is -2.25. The van der Waals surface area contributed by atoms with Crippen LogP contribution in [-0.4, -0.2) is 40.2 Å². The van der Waals surface area contributed by atoms with Gasteiger partial charge in [-0.3, -0.25) is 9.10 Å². The van der Waals surface area contributed by atoms with E-state index in [2.05, 4.69) is 22.3 Å². The van der Waals surface area contributed by atoms with Crippen molar-refractivity contribution >= 4 is 38.9 Å². The van der Waals surface area contributed by atoms with Gasteiger partial charge in [0.25, 0.3) is 0 Å². The number of hydrogen-bond acceptors (Lipinski definition) is 4. The minimum atomic E-state index is -3.64. The highest BCUT2D eigenvalue weighted by Gasteiger charge is 2.23. The van der Waals surface area contributed by atoms with Crippen molar-refractivity contribution < 1.29 is 13.2 Å². The molecule has 0 bridgehead atoms. The summed E-state index contributed by atoms with van der Waals surface area (Å²) in [5.74, 6) is -0.370. The van der Waals surface area contributed by atoms with Gasteiger partial charge in [0, 0.05) is 23.8 Å². The number of rotatable bonds is 7. The maximum Gasteiger partial charge on any atom is 0.241 e. The number of nitrogens with zero attached hydrogens (tertiary/aromatic N) is 2. The molecule has 6 nitrogen and oxygen atoms in total. The van der Waals surface area contributed by atoms with Gasteiger partial charge in [0.2, 0.25) is 15.9 Å². The number of hydrogen-bond donors (Lipinski definition) is 1. The van der Waals surface area contributed by atoms with Crippen LogP contribution in [0.5, 0.6) is 0 Å². The lowest BCUT2D eigenvalue weighted by atomic mass is 10.1. The molecule has 0 spiro atoms. The molecule has 1 unspecified atom stereocenters. The average molecular weight is 450 g/mol. The zero-order valence-corrected chi connectivity index (χ0v) is 19.1. The van der Waals surface area contributed by atoms with Gasteiger partial charge in [-0.25, -0.2) is 8.42 Å². The van der Waals surface area contributed by atoms with Crippen LogP contribution in [0.2, 0.25) is 5.02 Å². The summed E-state index contributed by atoms with van der Waals surface area (Å²) in [6.45, 7) is 5.52. The Morgan fingerprint density at radius 3 is 2.37 bits per heavy atom. The molecule has 1 N–H and O–H groups in total. The maximum absolute atomic E-state index is 12.7. The van der Waals surface area contributed by atoms with E-state index in [0.29, 0.717) is 16.3 Å². The number of anilines is 2. The summed E-state index contributed by atoms with van der Waals surface area (Å²) in [6.07, 6.45) is 3.53. The van der Waals surface area contributed by atoms with Crippen LogP contribution in [-0.2, 0) is 14.8 Å². The third-order valence-electron chi connectivity index (χ3n) is 5.36. The van der Waals surface area contributed by atoms with Crippen LogP contribution in [0, 0.1) is 6.92 Å². The molecular formula is C22H28ClN3O3S. The largest absolute Gasteiger partial charge is 0.372 e. The van der Waals surface area contributed by atoms with Crippen molar-refractivity contribution in [2.24, 2.45) is 0 Å². The first-order valence-corrected chi connectivity index (χ1v) is 12.3. The molecular weight excluding hydrogens is 422 g/mol. The Morgan fingerprint density at radius 2 is 1.80 bits per heavy atom. The second-order valence-electron chi connectivity index (χ2n) is 7.78. The van der Waals surface area contributed by atoms with Gasteiger partial charge < -0.3 is 10.2 Å². The Bertz CT molecular complexity index is 1000. The smallest absolute Gasteiger partial charge is 0.241 e. The first-order chi connectivity index (χ1) is 14.1. The summed E-state index contributed by atoms with van der Waals surface area (Å²) < 4.78 is 25.8. The fourth-order valence-electron chi connectivity index (χ4n) is 3.73. The quantitative estimate of drug-likeness (QED) is 0.696. The highest BCUT2D eigenvalue weighted by Crippen LogP contribution is 2.26. The van der Waals surface area contributed by atoms with Gasteiger partial charge in [-0.15, -0.1) is 0 Å². The van der Waals surface area contributed by atoms with E-state index in [9.17, 15) is 13.2 Å². The van der Waals surface area contributed by atoms with E-state index >= 15 is 0 Å². The van der Waals surface area contributed by atoms with Gasteiger partial charge in [0.15, 0.2) is 0 Å². The number of carbonyl (C=O) groups is 1. The minimum absolute atomic E-state index is 0.238. The van der Waals surface area contributed by atoms with Gasteiger partial charge in [0.1, 0.15) is 6.54 Å². The summed E-state index contributed by atoms with van der Waals surface area (Å²) in [6, 6.07) is 12.8. The zero-order valence-electron chi connectivity index (χ0n) is 17.6. The second kappa shape index (κ2) is 9.27. The van der Waals surface area contributed by atoms with Crippen LogP contribution in [0.3, 0.4) is 0 Å². The van der Waals surface area contributed by atoms with E-state index in [1.807, 2.05) is 19.1 Å². The van der Waals surface area contributed by atoms with Crippen LogP contribution >= 0.6 is 11.6 Å². The standard InChI is InChI=1S/C22H28ClN3O3S/c1-16-14-19(23)8-11-21(16)26(30(3,28)29)15-22(27)24-17(2)18-6-9-20(10-7-18)25-12-4-5-13-25/h6-11,14,17H,4-5,12-13,15H2,1-3H3,(H,24,27). The second-order valence-corrected chi connectivity index (χ2v) is 10.1. The lowest BCUT2D eigenvalue weighted by molar-refractivity contribution is -0.120. The molecule has 1 aliphatic rings. The van der Waals surface area contributed by atoms with Gasteiger partial charge in [-0.05, 0) is 68.1 Å². The van der Waals surface area contributed by atoms with E-state index in [1.54, 1.807) is 25.1 Å². The van der Waals surface area contributed by atoms with E-state index in [1.165, 1.54) is 18.5 Å². The van der Waals surface area contributed by atoms with Crippen molar-refractivity contribution in [1.29, 1.82) is 0 Å². The number of sulfonamides is 1. The molecule has 3 rings (SSSR count). The Labute approximate surface area is 183 Å². The molecule has 8 heteroatoms. The lowest BCUT2D eigenvalue weighted by Gasteiger charge is -2.25. The van der Waals surface area contributed by atoms with E-state index < -0.39 is 10.0 Å². The minimum Gasteiger partial charge on any atom is -0.372 e. The first-order valence-electron chi connectivity index (χ1n) is 10.0.